The monoisotopic (exact) mass is 341 g/mol. The van der Waals surface area contributed by atoms with Gasteiger partial charge in [-0.05, 0) is 23.6 Å². The second-order valence-corrected chi connectivity index (χ2v) is 7.24. The lowest BCUT2D eigenvalue weighted by atomic mass is 9.86. The van der Waals surface area contributed by atoms with Gasteiger partial charge in [0, 0.05) is 30.2 Å². The Balaban J connectivity index is 1.70. The zero-order valence-electron chi connectivity index (χ0n) is 14.4. The van der Waals surface area contributed by atoms with E-state index in [9.17, 15) is 0 Å². The molecule has 0 radical (unpaired) electrons. The van der Waals surface area contributed by atoms with Gasteiger partial charge in [-0.3, -0.25) is 4.90 Å². The summed E-state index contributed by atoms with van der Waals surface area (Å²) in [5, 5.41) is 0.740. The Kier molecular flexibility index (Phi) is 7.15. The Morgan fingerprint density at radius 1 is 1.13 bits per heavy atom. The number of hydrogen-bond donors (Lipinski definition) is 0. The van der Waals surface area contributed by atoms with E-state index in [1.165, 1.54) is 0 Å². The molecular weight excluding hydrogens is 314 g/mol. The summed E-state index contributed by atoms with van der Waals surface area (Å²) in [7, 11) is 0. The number of rotatable bonds is 7. The molecule has 0 saturated carbocycles. The number of hydrogen-bond acceptors (Lipinski definition) is 4. The molecule has 0 aliphatic carbocycles. The second kappa shape index (κ2) is 8.88. The quantitative estimate of drug-likeness (QED) is 0.711. The van der Waals surface area contributed by atoms with Gasteiger partial charge in [-0.15, -0.1) is 0 Å². The van der Waals surface area contributed by atoms with E-state index in [0.29, 0.717) is 13.2 Å². The molecule has 1 aliphatic rings. The van der Waals surface area contributed by atoms with Gasteiger partial charge in [-0.1, -0.05) is 32.4 Å². The summed E-state index contributed by atoms with van der Waals surface area (Å²) >= 11 is 6.11. The van der Waals surface area contributed by atoms with Crippen molar-refractivity contribution in [2.45, 2.75) is 26.2 Å². The molecule has 1 heterocycles. The molecule has 2 rings (SSSR count). The van der Waals surface area contributed by atoms with Crippen molar-refractivity contribution in [3.63, 3.8) is 0 Å². The first kappa shape index (κ1) is 18.5. The maximum atomic E-state index is 6.11. The van der Waals surface area contributed by atoms with Gasteiger partial charge in [0.15, 0.2) is 0 Å². The molecule has 4 nitrogen and oxygen atoms in total. The summed E-state index contributed by atoms with van der Waals surface area (Å²) in [6.45, 7) is 13.0. The average molecular weight is 342 g/mol. The van der Waals surface area contributed by atoms with Crippen molar-refractivity contribution in [2.75, 3.05) is 52.7 Å². The maximum absolute atomic E-state index is 6.11. The second-order valence-electron chi connectivity index (χ2n) is 6.81. The van der Waals surface area contributed by atoms with E-state index in [4.69, 9.17) is 25.8 Å². The number of nitrogens with zero attached hydrogens (tertiary/aromatic N) is 1. The largest absolute Gasteiger partial charge is 0.491 e. The van der Waals surface area contributed by atoms with Crippen LogP contribution in [0.1, 0.15) is 26.3 Å². The molecule has 1 aromatic rings. The van der Waals surface area contributed by atoms with E-state index in [1.807, 2.05) is 18.2 Å². The summed E-state index contributed by atoms with van der Waals surface area (Å²) in [5.74, 6) is 0.888. The highest BCUT2D eigenvalue weighted by atomic mass is 35.5. The van der Waals surface area contributed by atoms with Crippen LogP contribution in [0.5, 0.6) is 5.75 Å². The van der Waals surface area contributed by atoms with Gasteiger partial charge in [-0.25, -0.2) is 0 Å². The van der Waals surface area contributed by atoms with E-state index in [-0.39, 0.29) is 5.41 Å². The highest BCUT2D eigenvalue weighted by molar-refractivity contribution is 6.30. The highest BCUT2D eigenvalue weighted by Gasteiger charge is 2.19. The smallest absolute Gasteiger partial charge is 0.123 e. The van der Waals surface area contributed by atoms with Crippen LogP contribution in [0.25, 0.3) is 0 Å². The number of benzene rings is 1. The van der Waals surface area contributed by atoms with Crippen molar-refractivity contribution in [1.29, 1.82) is 0 Å². The fourth-order valence-electron chi connectivity index (χ4n) is 2.55. The van der Waals surface area contributed by atoms with Gasteiger partial charge in [0.1, 0.15) is 12.4 Å². The summed E-state index contributed by atoms with van der Waals surface area (Å²) in [4.78, 5) is 2.36. The third kappa shape index (κ3) is 6.30. The highest BCUT2D eigenvalue weighted by Crippen LogP contribution is 2.33. The molecule has 5 heteroatoms. The molecule has 1 fully saturated rings. The number of ether oxygens (including phenoxy) is 3. The third-order valence-electron chi connectivity index (χ3n) is 3.89. The van der Waals surface area contributed by atoms with Crippen molar-refractivity contribution in [2.24, 2.45) is 0 Å². The standard InChI is InChI=1S/C18H28ClNO3/c1-18(2,3)16-14-15(19)4-5-17(16)23-13-12-22-11-8-20-6-9-21-10-7-20/h4-5,14H,6-13H2,1-3H3. The molecule has 0 aromatic heterocycles. The molecule has 23 heavy (non-hydrogen) atoms. The average Bonchev–Trinajstić information content (AvgIpc) is 2.52. The fourth-order valence-corrected chi connectivity index (χ4v) is 2.72. The molecule has 0 N–H and O–H groups in total. The minimum Gasteiger partial charge on any atom is -0.491 e. The predicted molar refractivity (Wildman–Crippen MR) is 93.7 cm³/mol. The van der Waals surface area contributed by atoms with Crippen LogP contribution in [-0.4, -0.2) is 57.6 Å². The molecular formula is C18H28ClNO3. The Morgan fingerprint density at radius 3 is 2.57 bits per heavy atom. The van der Waals surface area contributed by atoms with Gasteiger partial charge in [-0.2, -0.15) is 0 Å². The minimum absolute atomic E-state index is 0.00256. The van der Waals surface area contributed by atoms with Gasteiger partial charge in [0.05, 0.1) is 26.4 Å². The number of halogens is 1. The van der Waals surface area contributed by atoms with Crippen molar-refractivity contribution in [1.82, 2.24) is 4.90 Å². The summed E-state index contributed by atoms with van der Waals surface area (Å²) < 4.78 is 16.9. The van der Waals surface area contributed by atoms with Crippen LogP contribution >= 0.6 is 11.6 Å². The number of morpholine rings is 1. The lowest BCUT2D eigenvalue weighted by molar-refractivity contribution is 0.0169. The SMILES string of the molecule is CC(C)(C)c1cc(Cl)ccc1OCCOCCN1CCOCC1. The van der Waals surface area contributed by atoms with E-state index < -0.39 is 0 Å². The molecule has 1 saturated heterocycles. The molecule has 0 unspecified atom stereocenters. The molecule has 1 aliphatic heterocycles. The molecule has 130 valence electrons. The lowest BCUT2D eigenvalue weighted by Gasteiger charge is -2.26. The van der Waals surface area contributed by atoms with E-state index >= 15 is 0 Å². The Morgan fingerprint density at radius 2 is 1.87 bits per heavy atom. The van der Waals surface area contributed by atoms with Gasteiger partial charge >= 0.3 is 0 Å². The van der Waals surface area contributed by atoms with Crippen LogP contribution in [0, 0.1) is 0 Å². The first-order valence-electron chi connectivity index (χ1n) is 8.27. The molecule has 0 bridgehead atoms. The van der Waals surface area contributed by atoms with Crippen LogP contribution in [0.15, 0.2) is 18.2 Å². The van der Waals surface area contributed by atoms with E-state index in [1.54, 1.807) is 0 Å². The van der Waals surface area contributed by atoms with Gasteiger partial charge in [0.25, 0.3) is 0 Å². The van der Waals surface area contributed by atoms with Gasteiger partial charge in [0.2, 0.25) is 0 Å². The third-order valence-corrected chi connectivity index (χ3v) is 4.13. The van der Waals surface area contributed by atoms with E-state index in [0.717, 1.165) is 55.8 Å². The minimum atomic E-state index is -0.00256. The summed E-state index contributed by atoms with van der Waals surface area (Å²) in [6.07, 6.45) is 0. The Bertz CT molecular complexity index is 482. The van der Waals surface area contributed by atoms with Crippen LogP contribution < -0.4 is 4.74 Å². The van der Waals surface area contributed by atoms with Crippen molar-refractivity contribution < 1.29 is 14.2 Å². The predicted octanol–water partition coefficient (Wildman–Crippen LogP) is 3.37. The van der Waals surface area contributed by atoms with Crippen molar-refractivity contribution in [3.05, 3.63) is 28.8 Å². The zero-order valence-corrected chi connectivity index (χ0v) is 15.2. The molecule has 0 amide bonds. The molecule has 0 spiro atoms. The molecule has 1 aromatic carbocycles. The lowest BCUT2D eigenvalue weighted by Crippen LogP contribution is -2.38. The van der Waals surface area contributed by atoms with Gasteiger partial charge < -0.3 is 14.2 Å². The van der Waals surface area contributed by atoms with Crippen molar-refractivity contribution >= 4 is 11.6 Å². The topological polar surface area (TPSA) is 30.9 Å². The first-order valence-corrected chi connectivity index (χ1v) is 8.65. The maximum Gasteiger partial charge on any atom is 0.123 e. The van der Waals surface area contributed by atoms with Crippen molar-refractivity contribution in [3.8, 4) is 5.75 Å². The zero-order chi connectivity index (χ0) is 16.7. The van der Waals surface area contributed by atoms with Crippen LogP contribution in [0.4, 0.5) is 0 Å². The first-order chi connectivity index (χ1) is 11.0. The van der Waals surface area contributed by atoms with Crippen LogP contribution in [0.3, 0.4) is 0 Å². The summed E-state index contributed by atoms with van der Waals surface area (Å²) in [5.41, 5.74) is 1.12. The van der Waals surface area contributed by atoms with Crippen LogP contribution in [0.2, 0.25) is 5.02 Å². The van der Waals surface area contributed by atoms with Crippen LogP contribution in [-0.2, 0) is 14.9 Å². The van der Waals surface area contributed by atoms with E-state index in [2.05, 4.69) is 25.7 Å². The fraction of sp³-hybridized carbons (Fsp3) is 0.667. The molecule has 0 atom stereocenters. The summed E-state index contributed by atoms with van der Waals surface area (Å²) in [6, 6.07) is 5.79. The Labute approximate surface area is 144 Å². The normalized spacial score (nSPS) is 16.5. The Hall–Kier alpha value is -0.810.